The second-order valence-electron chi connectivity index (χ2n) is 7.15. The SMILES string of the molecule is O=C(Cc1c[nH]c2ccccc12)N1CCCC(COc2ccc(F)cc2)C1. The molecule has 0 spiro atoms. The molecule has 1 aromatic heterocycles. The molecule has 0 radical (unpaired) electrons. The number of carbonyl (C=O) groups is 1. The number of piperidine rings is 1. The number of likely N-dealkylation sites (tertiary alicyclic amines) is 1. The summed E-state index contributed by atoms with van der Waals surface area (Å²) < 4.78 is 18.8. The zero-order chi connectivity index (χ0) is 18.6. The average molecular weight is 366 g/mol. The molecule has 1 atom stereocenters. The summed E-state index contributed by atoms with van der Waals surface area (Å²) in [6.07, 6.45) is 4.37. The quantitative estimate of drug-likeness (QED) is 0.737. The van der Waals surface area contributed by atoms with E-state index in [1.807, 2.05) is 35.4 Å². The molecule has 4 nitrogen and oxygen atoms in total. The van der Waals surface area contributed by atoms with E-state index in [1.165, 1.54) is 12.1 Å². The minimum absolute atomic E-state index is 0.159. The van der Waals surface area contributed by atoms with Crippen LogP contribution >= 0.6 is 0 Å². The fourth-order valence-corrected chi connectivity index (χ4v) is 3.73. The molecule has 4 rings (SSSR count). The molecule has 2 aromatic carbocycles. The summed E-state index contributed by atoms with van der Waals surface area (Å²) in [7, 11) is 0. The van der Waals surface area contributed by atoms with Crippen LogP contribution in [0.1, 0.15) is 18.4 Å². The third kappa shape index (κ3) is 4.13. The predicted molar refractivity (Wildman–Crippen MR) is 103 cm³/mol. The maximum absolute atomic E-state index is 13.0. The van der Waals surface area contributed by atoms with Gasteiger partial charge in [-0.25, -0.2) is 4.39 Å². The van der Waals surface area contributed by atoms with E-state index >= 15 is 0 Å². The van der Waals surface area contributed by atoms with E-state index in [9.17, 15) is 9.18 Å². The fourth-order valence-electron chi connectivity index (χ4n) is 3.73. The molecule has 2 heterocycles. The number of aromatic amines is 1. The van der Waals surface area contributed by atoms with Gasteiger partial charge < -0.3 is 14.6 Å². The number of para-hydroxylation sites is 1. The van der Waals surface area contributed by atoms with Crippen molar-refractivity contribution in [3.8, 4) is 5.75 Å². The maximum atomic E-state index is 13.0. The number of halogens is 1. The Morgan fingerprint density at radius 3 is 2.85 bits per heavy atom. The Balaban J connectivity index is 1.34. The molecule has 0 saturated carbocycles. The Kier molecular flexibility index (Phi) is 5.10. The van der Waals surface area contributed by atoms with Crippen molar-refractivity contribution in [1.82, 2.24) is 9.88 Å². The second-order valence-corrected chi connectivity index (χ2v) is 7.15. The first-order valence-corrected chi connectivity index (χ1v) is 9.40. The van der Waals surface area contributed by atoms with Crippen LogP contribution in [-0.4, -0.2) is 35.5 Å². The van der Waals surface area contributed by atoms with Crippen molar-refractivity contribution in [3.05, 3.63) is 66.1 Å². The maximum Gasteiger partial charge on any atom is 0.227 e. The molecule has 1 fully saturated rings. The first-order chi connectivity index (χ1) is 13.2. The molecule has 1 aliphatic rings. The van der Waals surface area contributed by atoms with E-state index in [1.54, 1.807) is 12.1 Å². The van der Waals surface area contributed by atoms with Crippen molar-refractivity contribution in [2.45, 2.75) is 19.3 Å². The molecule has 0 bridgehead atoms. The summed E-state index contributed by atoms with van der Waals surface area (Å²) in [5, 5.41) is 1.11. The van der Waals surface area contributed by atoms with E-state index in [2.05, 4.69) is 4.98 Å². The minimum atomic E-state index is -0.269. The van der Waals surface area contributed by atoms with Gasteiger partial charge in [0.1, 0.15) is 11.6 Å². The normalized spacial score (nSPS) is 17.2. The third-order valence-electron chi connectivity index (χ3n) is 5.19. The molecule has 5 heteroatoms. The van der Waals surface area contributed by atoms with Crippen LogP contribution in [0.25, 0.3) is 10.9 Å². The van der Waals surface area contributed by atoms with Gasteiger partial charge in [-0.15, -0.1) is 0 Å². The van der Waals surface area contributed by atoms with Crippen LogP contribution in [0.15, 0.2) is 54.7 Å². The van der Waals surface area contributed by atoms with E-state index in [0.717, 1.165) is 35.9 Å². The van der Waals surface area contributed by atoms with Gasteiger partial charge in [-0.2, -0.15) is 0 Å². The Morgan fingerprint density at radius 1 is 1.19 bits per heavy atom. The molecule has 1 aliphatic heterocycles. The fraction of sp³-hybridized carbons (Fsp3) is 0.318. The highest BCUT2D eigenvalue weighted by Gasteiger charge is 2.24. The molecule has 1 saturated heterocycles. The molecule has 1 amide bonds. The summed E-state index contributed by atoms with van der Waals surface area (Å²) in [5.41, 5.74) is 2.10. The number of nitrogens with one attached hydrogen (secondary N) is 1. The van der Waals surface area contributed by atoms with Crippen LogP contribution in [-0.2, 0) is 11.2 Å². The second kappa shape index (κ2) is 7.82. The Morgan fingerprint density at radius 2 is 2.00 bits per heavy atom. The molecule has 3 aromatic rings. The van der Waals surface area contributed by atoms with Crippen LogP contribution < -0.4 is 4.74 Å². The standard InChI is InChI=1S/C22H23FN2O2/c23-18-7-9-19(10-8-18)27-15-16-4-3-11-25(14-16)22(26)12-17-13-24-21-6-2-1-5-20(17)21/h1-2,5-10,13,16,24H,3-4,11-12,14-15H2. The summed E-state index contributed by atoms with van der Waals surface area (Å²) in [6, 6.07) is 14.1. The molecule has 1 N–H and O–H groups in total. The molecular weight excluding hydrogens is 343 g/mol. The summed E-state index contributed by atoms with van der Waals surface area (Å²) in [6.45, 7) is 2.05. The first-order valence-electron chi connectivity index (χ1n) is 9.40. The first kappa shape index (κ1) is 17.6. The van der Waals surface area contributed by atoms with Crippen LogP contribution in [0, 0.1) is 11.7 Å². The van der Waals surface area contributed by atoms with Gasteiger partial charge in [-0.05, 0) is 48.7 Å². The van der Waals surface area contributed by atoms with E-state index < -0.39 is 0 Å². The monoisotopic (exact) mass is 366 g/mol. The number of benzene rings is 2. The lowest BCUT2D eigenvalue weighted by Crippen LogP contribution is -2.42. The lowest BCUT2D eigenvalue weighted by Gasteiger charge is -2.32. The highest BCUT2D eigenvalue weighted by molar-refractivity contribution is 5.88. The summed E-state index contributed by atoms with van der Waals surface area (Å²) in [5.74, 6) is 0.856. The lowest BCUT2D eigenvalue weighted by atomic mass is 9.98. The van der Waals surface area contributed by atoms with Crippen molar-refractivity contribution in [1.29, 1.82) is 0 Å². The van der Waals surface area contributed by atoms with Crippen molar-refractivity contribution in [3.63, 3.8) is 0 Å². The van der Waals surface area contributed by atoms with Crippen LogP contribution in [0.2, 0.25) is 0 Å². The number of nitrogens with zero attached hydrogens (tertiary/aromatic N) is 1. The Hall–Kier alpha value is -2.82. The van der Waals surface area contributed by atoms with E-state index in [-0.39, 0.29) is 11.7 Å². The van der Waals surface area contributed by atoms with E-state index in [4.69, 9.17) is 4.74 Å². The third-order valence-corrected chi connectivity index (χ3v) is 5.19. The van der Waals surface area contributed by atoms with Gasteiger partial charge >= 0.3 is 0 Å². The molecule has 1 unspecified atom stereocenters. The van der Waals surface area contributed by atoms with Gasteiger partial charge in [0.2, 0.25) is 5.91 Å². The Bertz CT molecular complexity index is 919. The minimum Gasteiger partial charge on any atom is -0.493 e. The number of hydrogen-bond acceptors (Lipinski definition) is 2. The molecule has 27 heavy (non-hydrogen) atoms. The Labute approximate surface area is 157 Å². The lowest BCUT2D eigenvalue weighted by molar-refractivity contribution is -0.132. The molecule has 0 aliphatic carbocycles. The largest absolute Gasteiger partial charge is 0.493 e. The summed E-state index contributed by atoms with van der Waals surface area (Å²) in [4.78, 5) is 18.0. The number of aromatic nitrogens is 1. The van der Waals surface area contributed by atoms with Crippen molar-refractivity contribution >= 4 is 16.8 Å². The van der Waals surface area contributed by atoms with Gasteiger partial charge in [0.25, 0.3) is 0 Å². The highest BCUT2D eigenvalue weighted by Crippen LogP contribution is 2.22. The van der Waals surface area contributed by atoms with Gasteiger partial charge in [0.15, 0.2) is 0 Å². The number of rotatable bonds is 5. The van der Waals surface area contributed by atoms with Crippen LogP contribution in [0.3, 0.4) is 0 Å². The van der Waals surface area contributed by atoms with Gasteiger partial charge in [0, 0.05) is 36.1 Å². The average Bonchev–Trinajstić information content (AvgIpc) is 3.11. The number of hydrogen-bond donors (Lipinski definition) is 1. The number of fused-ring (bicyclic) bond motifs is 1. The number of carbonyl (C=O) groups excluding carboxylic acids is 1. The van der Waals surface area contributed by atoms with Crippen molar-refractivity contribution in [2.75, 3.05) is 19.7 Å². The smallest absolute Gasteiger partial charge is 0.227 e. The summed E-state index contributed by atoms with van der Waals surface area (Å²) >= 11 is 0. The number of amides is 1. The topological polar surface area (TPSA) is 45.3 Å². The zero-order valence-corrected chi connectivity index (χ0v) is 15.2. The van der Waals surface area contributed by atoms with E-state index in [0.29, 0.717) is 31.2 Å². The number of ether oxygens (including phenoxy) is 1. The van der Waals surface area contributed by atoms with Gasteiger partial charge in [-0.3, -0.25) is 4.79 Å². The molecular formula is C22H23FN2O2. The van der Waals surface area contributed by atoms with Crippen molar-refractivity contribution < 1.29 is 13.9 Å². The zero-order valence-electron chi connectivity index (χ0n) is 15.2. The highest BCUT2D eigenvalue weighted by atomic mass is 19.1. The van der Waals surface area contributed by atoms with Crippen LogP contribution in [0.5, 0.6) is 5.75 Å². The van der Waals surface area contributed by atoms with Gasteiger partial charge in [-0.1, -0.05) is 18.2 Å². The number of H-pyrrole nitrogens is 1. The van der Waals surface area contributed by atoms with Gasteiger partial charge in [0.05, 0.1) is 13.0 Å². The van der Waals surface area contributed by atoms with Crippen LogP contribution in [0.4, 0.5) is 4.39 Å². The predicted octanol–water partition coefficient (Wildman–Crippen LogP) is 4.17. The molecule has 140 valence electrons. The van der Waals surface area contributed by atoms with Crippen molar-refractivity contribution in [2.24, 2.45) is 5.92 Å².